The molecule has 0 spiro atoms. The molecule has 1 fully saturated rings. The maximum atomic E-state index is 13.9. The minimum absolute atomic E-state index is 0.516. The Balaban J connectivity index is 2.42. The third kappa shape index (κ3) is 2.13. The summed E-state index contributed by atoms with van der Waals surface area (Å²) in [6, 6.07) is 1.71. The highest BCUT2D eigenvalue weighted by molar-refractivity contribution is 5.97. The third-order valence-corrected chi connectivity index (χ3v) is 3.06. The first kappa shape index (κ1) is 18.3. The fourth-order valence-corrected chi connectivity index (χ4v) is 1.74. The molecule has 1 saturated heterocycles. The summed E-state index contributed by atoms with van der Waals surface area (Å²) in [6.45, 7) is 0. The largest absolute Gasteiger partial charge is 0.428 e. The van der Waals surface area contributed by atoms with E-state index in [2.05, 4.69) is 9.72 Å². The van der Waals surface area contributed by atoms with Crippen LogP contribution in [0, 0.1) is 0 Å². The van der Waals surface area contributed by atoms with Crippen LogP contribution < -0.4 is 5.32 Å². The molecule has 1 aromatic heterocycles. The van der Waals surface area contributed by atoms with E-state index in [1.165, 1.54) is 5.32 Å². The van der Waals surface area contributed by atoms with Gasteiger partial charge in [-0.2, -0.15) is 39.5 Å². The van der Waals surface area contributed by atoms with Gasteiger partial charge >= 0.3 is 35.6 Å². The van der Waals surface area contributed by atoms with Gasteiger partial charge in [0.1, 0.15) is 0 Å². The van der Waals surface area contributed by atoms with Gasteiger partial charge in [0.25, 0.3) is 0 Å². The lowest BCUT2D eigenvalue weighted by atomic mass is 9.99. The number of nitrogens with one attached hydrogen (secondary N) is 1. The van der Waals surface area contributed by atoms with Crippen LogP contribution in [-0.4, -0.2) is 40.6 Å². The van der Waals surface area contributed by atoms with E-state index >= 15 is 0 Å². The van der Waals surface area contributed by atoms with Crippen LogP contribution in [0.1, 0.15) is 0 Å². The SMILES string of the molecule is O=C(Nc1ccncc1)C(F)(F)C1(F)OC(F)(F)C(F)(F)C1(F)F. The van der Waals surface area contributed by atoms with Crippen LogP contribution in [-0.2, 0) is 9.53 Å². The zero-order chi connectivity index (χ0) is 18.6. The number of ether oxygens (including phenoxy) is 1. The summed E-state index contributed by atoms with van der Waals surface area (Å²) in [5.41, 5.74) is -0.516. The molecule has 134 valence electrons. The number of nitrogens with zero attached hydrogens (tertiary/aromatic N) is 1. The molecule has 24 heavy (non-hydrogen) atoms. The Kier molecular flexibility index (Phi) is 3.79. The van der Waals surface area contributed by atoms with Crippen molar-refractivity contribution in [2.75, 3.05) is 5.32 Å². The maximum Gasteiger partial charge on any atom is 0.428 e. The van der Waals surface area contributed by atoms with Gasteiger partial charge in [-0.05, 0) is 12.1 Å². The van der Waals surface area contributed by atoms with Crippen molar-refractivity contribution >= 4 is 11.6 Å². The number of halogens is 9. The van der Waals surface area contributed by atoms with Crippen molar-refractivity contribution in [2.24, 2.45) is 0 Å². The van der Waals surface area contributed by atoms with E-state index in [0.717, 1.165) is 24.5 Å². The van der Waals surface area contributed by atoms with Crippen molar-refractivity contribution in [3.8, 4) is 0 Å². The van der Waals surface area contributed by atoms with Crippen molar-refractivity contribution in [1.29, 1.82) is 0 Å². The Morgan fingerprint density at radius 1 is 1.00 bits per heavy atom. The molecule has 1 unspecified atom stereocenters. The van der Waals surface area contributed by atoms with E-state index in [1.807, 2.05) is 0 Å². The predicted octanol–water partition coefficient (Wildman–Crippen LogP) is 3.21. The molecule has 4 nitrogen and oxygen atoms in total. The number of alkyl halides is 9. The Labute approximate surface area is 126 Å². The van der Waals surface area contributed by atoms with Crippen molar-refractivity contribution in [2.45, 2.75) is 29.7 Å². The van der Waals surface area contributed by atoms with E-state index in [0.29, 0.717) is 0 Å². The van der Waals surface area contributed by atoms with Gasteiger partial charge in [-0.25, -0.2) is 0 Å². The fraction of sp³-hybridized carbons (Fsp3) is 0.455. The van der Waals surface area contributed by atoms with Gasteiger partial charge in [-0.15, -0.1) is 0 Å². The minimum Gasteiger partial charge on any atom is -0.321 e. The summed E-state index contributed by atoms with van der Waals surface area (Å²) >= 11 is 0. The summed E-state index contributed by atoms with van der Waals surface area (Å²) in [5, 5.41) is 1.20. The molecular weight excluding hydrogens is 363 g/mol. The van der Waals surface area contributed by atoms with E-state index < -0.39 is 41.3 Å². The Hall–Kier alpha value is -2.05. The van der Waals surface area contributed by atoms with Crippen LogP contribution in [0.5, 0.6) is 0 Å². The summed E-state index contributed by atoms with van der Waals surface area (Å²) in [7, 11) is 0. The summed E-state index contributed by atoms with van der Waals surface area (Å²) < 4.78 is 121. The van der Waals surface area contributed by atoms with Gasteiger partial charge in [0.05, 0.1) is 0 Å². The summed E-state index contributed by atoms with van der Waals surface area (Å²) in [5.74, 6) is -28.6. The average molecular weight is 368 g/mol. The first-order valence-corrected chi connectivity index (χ1v) is 5.82. The second-order valence-corrected chi connectivity index (χ2v) is 4.63. The van der Waals surface area contributed by atoms with Crippen LogP contribution in [0.25, 0.3) is 0 Å². The van der Waals surface area contributed by atoms with E-state index in [1.54, 1.807) is 0 Å². The molecule has 0 aliphatic carbocycles. The van der Waals surface area contributed by atoms with Gasteiger partial charge in [0, 0.05) is 18.1 Å². The standard InChI is InChI=1S/C11H5F9N2O2/c12-7(13,6(23)22-5-1-3-21-4-2-5)10(18)8(14,15)9(16,17)11(19,20)24-10/h1-4H,(H,21,22,23). The number of hydrogen-bond donors (Lipinski definition) is 1. The van der Waals surface area contributed by atoms with Gasteiger partial charge in [-0.1, -0.05) is 0 Å². The number of pyridine rings is 1. The number of carbonyl (C=O) groups is 1. The lowest BCUT2D eigenvalue weighted by Gasteiger charge is -2.31. The lowest BCUT2D eigenvalue weighted by Crippen LogP contribution is -2.63. The van der Waals surface area contributed by atoms with Crippen LogP contribution >= 0.6 is 0 Å². The maximum absolute atomic E-state index is 13.9. The predicted molar refractivity (Wildman–Crippen MR) is 57.6 cm³/mol. The fourth-order valence-electron chi connectivity index (χ4n) is 1.74. The molecule has 1 aliphatic heterocycles. The number of anilines is 1. The molecule has 0 bridgehead atoms. The smallest absolute Gasteiger partial charge is 0.321 e. The zero-order valence-corrected chi connectivity index (χ0v) is 11.0. The van der Waals surface area contributed by atoms with Gasteiger partial charge in [0.15, 0.2) is 0 Å². The van der Waals surface area contributed by atoms with Crippen molar-refractivity contribution in [1.82, 2.24) is 4.98 Å². The number of aromatic nitrogens is 1. The number of carbonyl (C=O) groups excluding carboxylic acids is 1. The van der Waals surface area contributed by atoms with Gasteiger partial charge < -0.3 is 5.32 Å². The van der Waals surface area contributed by atoms with Crippen molar-refractivity contribution < 1.29 is 49.0 Å². The first-order chi connectivity index (χ1) is 10.7. The van der Waals surface area contributed by atoms with Crippen LogP contribution in [0.15, 0.2) is 24.5 Å². The third-order valence-electron chi connectivity index (χ3n) is 3.06. The van der Waals surface area contributed by atoms with E-state index in [9.17, 15) is 44.3 Å². The second kappa shape index (κ2) is 4.97. The number of rotatable bonds is 3. The molecule has 1 aromatic rings. The molecule has 1 N–H and O–H groups in total. The Morgan fingerprint density at radius 2 is 1.50 bits per heavy atom. The second-order valence-electron chi connectivity index (χ2n) is 4.63. The summed E-state index contributed by atoms with van der Waals surface area (Å²) in [6.07, 6.45) is -4.38. The molecule has 1 amide bonds. The average Bonchev–Trinajstić information content (AvgIpc) is 2.55. The van der Waals surface area contributed by atoms with Crippen LogP contribution in [0.4, 0.5) is 45.2 Å². The summed E-state index contributed by atoms with van der Waals surface area (Å²) in [4.78, 5) is 14.7. The molecule has 1 atom stereocenters. The topological polar surface area (TPSA) is 51.2 Å². The molecule has 13 heteroatoms. The monoisotopic (exact) mass is 368 g/mol. The van der Waals surface area contributed by atoms with Gasteiger partial charge in [0.2, 0.25) is 0 Å². The molecule has 2 heterocycles. The zero-order valence-electron chi connectivity index (χ0n) is 11.0. The van der Waals surface area contributed by atoms with Crippen LogP contribution in [0.2, 0.25) is 0 Å². The first-order valence-electron chi connectivity index (χ1n) is 5.82. The number of amides is 1. The van der Waals surface area contributed by atoms with Crippen molar-refractivity contribution in [3.05, 3.63) is 24.5 Å². The highest BCUT2D eigenvalue weighted by Crippen LogP contribution is 2.64. The Morgan fingerprint density at radius 3 is 1.92 bits per heavy atom. The highest BCUT2D eigenvalue weighted by Gasteiger charge is 2.96. The molecule has 0 radical (unpaired) electrons. The van der Waals surface area contributed by atoms with E-state index in [4.69, 9.17) is 0 Å². The molecule has 0 aromatic carbocycles. The molecule has 1 aliphatic rings. The molecular formula is C11H5F9N2O2. The Bertz CT molecular complexity index is 652. The highest BCUT2D eigenvalue weighted by atomic mass is 19.4. The van der Waals surface area contributed by atoms with Crippen molar-refractivity contribution in [3.63, 3.8) is 0 Å². The van der Waals surface area contributed by atoms with Crippen LogP contribution in [0.3, 0.4) is 0 Å². The molecule has 0 saturated carbocycles. The van der Waals surface area contributed by atoms with Gasteiger partial charge in [-0.3, -0.25) is 14.5 Å². The minimum atomic E-state index is -6.71. The number of hydrogen-bond acceptors (Lipinski definition) is 3. The quantitative estimate of drug-likeness (QED) is 0.834. The van der Waals surface area contributed by atoms with E-state index in [-0.39, 0.29) is 0 Å². The normalized spacial score (nSPS) is 27.7. The lowest BCUT2D eigenvalue weighted by molar-refractivity contribution is -0.366. The molecule has 2 rings (SSSR count).